The lowest BCUT2D eigenvalue weighted by Crippen LogP contribution is -2.44. The molecule has 0 spiro atoms. The van der Waals surface area contributed by atoms with Crippen LogP contribution in [0, 0.1) is 5.92 Å². The molecule has 1 aliphatic rings. The molecule has 6 nitrogen and oxygen atoms in total. The van der Waals surface area contributed by atoms with Gasteiger partial charge in [0.2, 0.25) is 11.1 Å². The minimum atomic E-state index is -0.180. The van der Waals surface area contributed by atoms with Gasteiger partial charge in [-0.1, -0.05) is 31.5 Å². The molecule has 1 heterocycles. The number of amides is 1. The molecule has 0 unspecified atom stereocenters. The molecule has 2 rings (SSSR count). The number of nitrogens with one attached hydrogen (secondary N) is 1. The minimum absolute atomic E-state index is 0.0828. The Hall–Kier alpha value is -1.11. The highest BCUT2D eigenvalue weighted by atomic mass is 32.2. The molecule has 1 N–H and O–H groups in total. The van der Waals surface area contributed by atoms with Gasteiger partial charge in [-0.05, 0) is 43.0 Å². The van der Waals surface area contributed by atoms with Crippen LogP contribution < -0.4 is 5.32 Å². The van der Waals surface area contributed by atoms with Crippen molar-refractivity contribution >= 4 is 17.7 Å². The Balaban J connectivity index is 1.88. The van der Waals surface area contributed by atoms with E-state index in [1.807, 2.05) is 13.8 Å². The van der Waals surface area contributed by atoms with Crippen molar-refractivity contribution < 1.29 is 4.79 Å². The van der Waals surface area contributed by atoms with Crippen molar-refractivity contribution in [3.63, 3.8) is 0 Å². The molecule has 3 atom stereocenters. The van der Waals surface area contributed by atoms with E-state index in [2.05, 4.69) is 27.8 Å². The van der Waals surface area contributed by atoms with Gasteiger partial charge in [-0.25, -0.2) is 4.68 Å². The van der Waals surface area contributed by atoms with Crippen LogP contribution in [0.3, 0.4) is 0 Å². The van der Waals surface area contributed by atoms with Crippen molar-refractivity contribution in [3.8, 4) is 0 Å². The Bertz CT molecular complexity index is 450. The molecule has 1 aliphatic carbocycles. The maximum atomic E-state index is 12.3. The Morgan fingerprint density at radius 3 is 2.95 bits per heavy atom. The Kier molecular flexibility index (Phi) is 5.39. The van der Waals surface area contributed by atoms with Gasteiger partial charge >= 0.3 is 0 Å². The average molecular weight is 297 g/mol. The molecule has 1 aromatic heterocycles. The fraction of sp³-hybridized carbons (Fsp3) is 0.846. The van der Waals surface area contributed by atoms with E-state index in [0.29, 0.717) is 23.7 Å². The molecule has 0 radical (unpaired) electrons. The predicted octanol–water partition coefficient (Wildman–Crippen LogP) is 1.87. The highest BCUT2D eigenvalue weighted by molar-refractivity contribution is 8.00. The summed E-state index contributed by atoms with van der Waals surface area (Å²) in [6.07, 6.45) is 4.80. The van der Waals surface area contributed by atoms with Gasteiger partial charge in [0.05, 0.1) is 5.25 Å². The van der Waals surface area contributed by atoms with Crippen LogP contribution in [-0.4, -0.2) is 37.4 Å². The smallest absolute Gasteiger partial charge is 0.233 e. The molecule has 0 saturated heterocycles. The van der Waals surface area contributed by atoms with Crippen molar-refractivity contribution in [3.05, 3.63) is 0 Å². The standard InChI is InChI=1S/C13H23N5OS/c1-4-18-13(15-16-17-18)20-10(3)12(19)14-11-8-6-5-7-9(11)2/h9-11H,4-8H2,1-3H3,(H,14,19)/t9-,10-,11-/m1/s1. The largest absolute Gasteiger partial charge is 0.352 e. The van der Waals surface area contributed by atoms with Gasteiger partial charge < -0.3 is 5.32 Å². The molecule has 0 bridgehead atoms. The Labute approximate surface area is 124 Å². The van der Waals surface area contributed by atoms with E-state index in [1.165, 1.54) is 31.0 Å². The molecule has 7 heteroatoms. The van der Waals surface area contributed by atoms with E-state index < -0.39 is 0 Å². The van der Waals surface area contributed by atoms with E-state index in [1.54, 1.807) is 4.68 Å². The molecular formula is C13H23N5OS. The lowest BCUT2D eigenvalue weighted by Gasteiger charge is -2.30. The van der Waals surface area contributed by atoms with Crippen LogP contribution in [0.25, 0.3) is 0 Å². The molecule has 112 valence electrons. The van der Waals surface area contributed by atoms with Crippen LogP contribution in [0.1, 0.15) is 46.5 Å². The maximum absolute atomic E-state index is 12.3. The van der Waals surface area contributed by atoms with E-state index in [9.17, 15) is 4.79 Å². The lowest BCUT2D eigenvalue weighted by molar-refractivity contribution is -0.121. The number of carbonyl (C=O) groups excluding carboxylic acids is 1. The average Bonchev–Trinajstić information content (AvgIpc) is 2.88. The quantitative estimate of drug-likeness (QED) is 0.840. The number of hydrogen-bond acceptors (Lipinski definition) is 5. The molecule has 1 fully saturated rings. The molecule has 1 aromatic rings. The number of carbonyl (C=O) groups is 1. The van der Waals surface area contributed by atoms with E-state index in [0.717, 1.165) is 6.42 Å². The molecule has 20 heavy (non-hydrogen) atoms. The highest BCUT2D eigenvalue weighted by Crippen LogP contribution is 2.25. The Morgan fingerprint density at radius 1 is 1.50 bits per heavy atom. The topological polar surface area (TPSA) is 72.7 Å². The van der Waals surface area contributed by atoms with Gasteiger partial charge in [-0.2, -0.15) is 0 Å². The zero-order valence-electron chi connectivity index (χ0n) is 12.4. The van der Waals surface area contributed by atoms with Crippen LogP contribution >= 0.6 is 11.8 Å². The Morgan fingerprint density at radius 2 is 2.25 bits per heavy atom. The summed E-state index contributed by atoms with van der Waals surface area (Å²) in [4.78, 5) is 12.3. The fourth-order valence-corrected chi connectivity index (χ4v) is 3.38. The first kappa shape index (κ1) is 15.3. The van der Waals surface area contributed by atoms with Gasteiger partial charge in [0.1, 0.15) is 0 Å². The van der Waals surface area contributed by atoms with Crippen molar-refractivity contribution in [1.82, 2.24) is 25.5 Å². The third kappa shape index (κ3) is 3.71. The number of tetrazole rings is 1. The van der Waals surface area contributed by atoms with Crippen LogP contribution in [0.2, 0.25) is 0 Å². The van der Waals surface area contributed by atoms with Crippen LogP contribution in [-0.2, 0) is 11.3 Å². The fourth-order valence-electron chi connectivity index (χ4n) is 2.52. The summed E-state index contributed by atoms with van der Waals surface area (Å²) < 4.78 is 1.71. The molecule has 0 aromatic carbocycles. The van der Waals surface area contributed by atoms with E-state index in [4.69, 9.17) is 0 Å². The van der Waals surface area contributed by atoms with Crippen molar-refractivity contribution in [1.29, 1.82) is 0 Å². The first-order chi connectivity index (χ1) is 9.61. The van der Waals surface area contributed by atoms with Crippen molar-refractivity contribution in [2.45, 2.75) is 69.4 Å². The number of nitrogens with zero attached hydrogens (tertiary/aromatic N) is 4. The SMILES string of the molecule is CCn1nnnc1S[C@H](C)C(=O)N[C@@H]1CCCC[C@H]1C. The summed E-state index contributed by atoms with van der Waals surface area (Å²) in [5.41, 5.74) is 0. The number of rotatable bonds is 5. The summed E-state index contributed by atoms with van der Waals surface area (Å²) in [6.45, 7) is 6.82. The normalized spacial score (nSPS) is 24.4. The molecular weight excluding hydrogens is 274 g/mol. The van der Waals surface area contributed by atoms with Gasteiger partial charge in [-0.3, -0.25) is 4.79 Å². The van der Waals surface area contributed by atoms with Crippen LogP contribution in [0.5, 0.6) is 0 Å². The second-order valence-corrected chi connectivity index (χ2v) is 6.72. The molecule has 0 aliphatic heterocycles. The highest BCUT2D eigenvalue weighted by Gasteiger charge is 2.26. The molecule has 1 saturated carbocycles. The predicted molar refractivity (Wildman–Crippen MR) is 78.4 cm³/mol. The van der Waals surface area contributed by atoms with Gasteiger partial charge in [0, 0.05) is 12.6 Å². The van der Waals surface area contributed by atoms with Gasteiger partial charge in [0.15, 0.2) is 0 Å². The molecule has 1 amide bonds. The zero-order chi connectivity index (χ0) is 14.5. The second kappa shape index (κ2) is 7.06. The summed E-state index contributed by atoms with van der Waals surface area (Å²) in [7, 11) is 0. The van der Waals surface area contributed by atoms with E-state index >= 15 is 0 Å². The first-order valence-corrected chi connectivity index (χ1v) is 8.23. The van der Waals surface area contributed by atoms with E-state index in [-0.39, 0.29) is 11.2 Å². The third-order valence-corrected chi connectivity index (χ3v) is 4.96. The number of thioether (sulfide) groups is 1. The summed E-state index contributed by atoms with van der Waals surface area (Å²) in [5, 5.41) is 15.2. The minimum Gasteiger partial charge on any atom is -0.352 e. The maximum Gasteiger partial charge on any atom is 0.233 e. The first-order valence-electron chi connectivity index (χ1n) is 7.35. The number of aryl methyl sites for hydroxylation is 1. The monoisotopic (exact) mass is 297 g/mol. The van der Waals surface area contributed by atoms with Crippen molar-refractivity contribution in [2.75, 3.05) is 0 Å². The summed E-state index contributed by atoms with van der Waals surface area (Å²) >= 11 is 1.41. The van der Waals surface area contributed by atoms with Gasteiger partial charge in [0.25, 0.3) is 0 Å². The summed E-state index contributed by atoms with van der Waals surface area (Å²) in [5.74, 6) is 0.658. The third-order valence-electron chi connectivity index (χ3n) is 3.89. The van der Waals surface area contributed by atoms with Gasteiger partial charge in [-0.15, -0.1) is 5.10 Å². The van der Waals surface area contributed by atoms with Crippen LogP contribution in [0.4, 0.5) is 0 Å². The van der Waals surface area contributed by atoms with Crippen LogP contribution in [0.15, 0.2) is 5.16 Å². The summed E-state index contributed by atoms with van der Waals surface area (Å²) in [6, 6.07) is 0.321. The zero-order valence-corrected chi connectivity index (χ0v) is 13.2. The second-order valence-electron chi connectivity index (χ2n) is 5.41. The number of aromatic nitrogens is 4. The number of hydrogen-bond donors (Lipinski definition) is 1. The lowest BCUT2D eigenvalue weighted by atomic mass is 9.86. The van der Waals surface area contributed by atoms with Crippen molar-refractivity contribution in [2.24, 2.45) is 5.92 Å².